The van der Waals surface area contributed by atoms with E-state index >= 15 is 0 Å². The summed E-state index contributed by atoms with van der Waals surface area (Å²) in [5, 5.41) is 9.76. The molecule has 3 nitrogen and oxygen atoms in total. The van der Waals surface area contributed by atoms with Crippen molar-refractivity contribution in [2.24, 2.45) is 11.7 Å². The van der Waals surface area contributed by atoms with E-state index in [9.17, 15) is 5.11 Å². The fourth-order valence-corrected chi connectivity index (χ4v) is 2.92. The molecule has 2 atom stereocenters. The molecule has 0 spiro atoms. The highest BCUT2D eigenvalue weighted by atomic mass is 79.9. The van der Waals surface area contributed by atoms with E-state index in [1.54, 1.807) is 0 Å². The van der Waals surface area contributed by atoms with Crippen LogP contribution in [0.3, 0.4) is 0 Å². The molecule has 0 aliphatic carbocycles. The zero-order chi connectivity index (χ0) is 12.4. The van der Waals surface area contributed by atoms with E-state index in [1.807, 2.05) is 12.1 Å². The number of hydrogen-bond donors (Lipinski definition) is 2. The van der Waals surface area contributed by atoms with Crippen LogP contribution in [0.5, 0.6) is 0 Å². The first kappa shape index (κ1) is 12.9. The summed E-state index contributed by atoms with van der Waals surface area (Å²) in [5.74, 6) is 0.313. The predicted molar refractivity (Wildman–Crippen MR) is 74.0 cm³/mol. The number of piperidine rings is 1. The summed E-state index contributed by atoms with van der Waals surface area (Å²) in [7, 11) is 0. The highest BCUT2D eigenvalue weighted by molar-refractivity contribution is 9.10. The number of nitrogens with two attached hydrogens (primary N) is 1. The van der Waals surface area contributed by atoms with Crippen molar-refractivity contribution in [2.45, 2.75) is 26.0 Å². The molecule has 2 unspecified atom stereocenters. The lowest BCUT2D eigenvalue weighted by Gasteiger charge is -2.37. The van der Waals surface area contributed by atoms with Crippen LogP contribution in [0, 0.1) is 5.92 Å². The van der Waals surface area contributed by atoms with Crippen molar-refractivity contribution in [3.63, 3.8) is 0 Å². The summed E-state index contributed by atoms with van der Waals surface area (Å²) in [6, 6.07) is 6.17. The van der Waals surface area contributed by atoms with Crippen LogP contribution in [0.1, 0.15) is 18.9 Å². The molecule has 0 bridgehead atoms. The van der Waals surface area contributed by atoms with Gasteiger partial charge in [-0.2, -0.15) is 0 Å². The number of halogens is 1. The monoisotopic (exact) mass is 298 g/mol. The molecule has 0 saturated carbocycles. The van der Waals surface area contributed by atoms with Gasteiger partial charge in [0.2, 0.25) is 0 Å². The van der Waals surface area contributed by atoms with Crippen LogP contribution >= 0.6 is 15.9 Å². The van der Waals surface area contributed by atoms with Gasteiger partial charge in [-0.25, -0.2) is 0 Å². The van der Waals surface area contributed by atoms with Crippen LogP contribution in [0.2, 0.25) is 0 Å². The average Bonchev–Trinajstić information content (AvgIpc) is 2.32. The van der Waals surface area contributed by atoms with Crippen molar-refractivity contribution in [1.29, 1.82) is 0 Å². The maximum Gasteiger partial charge on any atom is 0.0599 e. The Morgan fingerprint density at radius 1 is 1.53 bits per heavy atom. The molecular weight excluding hydrogens is 280 g/mol. The third-order valence-electron chi connectivity index (χ3n) is 3.50. The van der Waals surface area contributed by atoms with Crippen molar-refractivity contribution in [3.8, 4) is 0 Å². The van der Waals surface area contributed by atoms with Crippen LogP contribution < -0.4 is 10.6 Å². The van der Waals surface area contributed by atoms with Crippen molar-refractivity contribution >= 4 is 21.6 Å². The van der Waals surface area contributed by atoms with E-state index in [0.29, 0.717) is 12.5 Å². The van der Waals surface area contributed by atoms with Gasteiger partial charge in [0, 0.05) is 35.4 Å². The highest BCUT2D eigenvalue weighted by Gasteiger charge is 2.25. The molecule has 1 heterocycles. The van der Waals surface area contributed by atoms with Crippen LogP contribution in [0.4, 0.5) is 5.69 Å². The zero-order valence-electron chi connectivity index (χ0n) is 10.1. The SMILES string of the molecule is CC1CN(c2cccc(Br)c2CN)CCC1O. The van der Waals surface area contributed by atoms with Crippen molar-refractivity contribution < 1.29 is 5.11 Å². The third-order valence-corrected chi connectivity index (χ3v) is 4.24. The van der Waals surface area contributed by atoms with Crippen molar-refractivity contribution in [1.82, 2.24) is 0 Å². The molecule has 17 heavy (non-hydrogen) atoms. The van der Waals surface area contributed by atoms with Gasteiger partial charge >= 0.3 is 0 Å². The Bertz CT molecular complexity index is 397. The summed E-state index contributed by atoms with van der Waals surface area (Å²) in [6.45, 7) is 4.42. The number of benzene rings is 1. The van der Waals surface area contributed by atoms with Crippen LogP contribution in [0.25, 0.3) is 0 Å². The Morgan fingerprint density at radius 2 is 2.29 bits per heavy atom. The first-order valence-electron chi connectivity index (χ1n) is 6.04. The number of hydrogen-bond acceptors (Lipinski definition) is 3. The molecular formula is C13H19BrN2O. The number of rotatable bonds is 2. The van der Waals surface area contributed by atoms with Gasteiger partial charge in [-0.1, -0.05) is 28.9 Å². The largest absolute Gasteiger partial charge is 0.393 e. The molecule has 1 aromatic carbocycles. The molecule has 3 N–H and O–H groups in total. The topological polar surface area (TPSA) is 49.5 Å². The second-order valence-electron chi connectivity index (χ2n) is 4.72. The van der Waals surface area contributed by atoms with Gasteiger partial charge in [0.15, 0.2) is 0 Å². The number of aliphatic hydroxyl groups is 1. The Morgan fingerprint density at radius 3 is 2.94 bits per heavy atom. The molecule has 1 fully saturated rings. The van der Waals surface area contributed by atoms with Crippen LogP contribution in [-0.2, 0) is 6.54 Å². The lowest BCUT2D eigenvalue weighted by Crippen LogP contribution is -2.42. The molecule has 0 amide bonds. The Labute approximate surface area is 111 Å². The average molecular weight is 299 g/mol. The normalized spacial score (nSPS) is 25.1. The Hall–Kier alpha value is -0.580. The van der Waals surface area contributed by atoms with E-state index in [2.05, 4.69) is 33.8 Å². The summed E-state index contributed by atoms with van der Waals surface area (Å²) in [6.07, 6.45) is 0.664. The Balaban J connectivity index is 2.25. The van der Waals surface area contributed by atoms with E-state index in [0.717, 1.165) is 29.5 Å². The van der Waals surface area contributed by atoms with E-state index < -0.39 is 0 Å². The minimum atomic E-state index is -0.167. The predicted octanol–water partition coefficient (Wildman–Crippen LogP) is 2.11. The molecule has 1 aromatic rings. The maximum atomic E-state index is 9.76. The van der Waals surface area contributed by atoms with Gasteiger partial charge in [-0.15, -0.1) is 0 Å². The quantitative estimate of drug-likeness (QED) is 0.879. The van der Waals surface area contributed by atoms with Gasteiger partial charge in [0.1, 0.15) is 0 Å². The number of anilines is 1. The molecule has 2 rings (SSSR count). The molecule has 1 aliphatic rings. The van der Waals surface area contributed by atoms with Crippen molar-refractivity contribution in [3.05, 3.63) is 28.2 Å². The molecule has 1 saturated heterocycles. The second kappa shape index (κ2) is 5.38. The summed E-state index contributed by atoms with van der Waals surface area (Å²) in [4.78, 5) is 2.32. The minimum absolute atomic E-state index is 0.167. The first-order chi connectivity index (χ1) is 8.13. The summed E-state index contributed by atoms with van der Waals surface area (Å²) < 4.78 is 1.07. The van der Waals surface area contributed by atoms with E-state index in [-0.39, 0.29) is 6.10 Å². The zero-order valence-corrected chi connectivity index (χ0v) is 11.7. The molecule has 0 aromatic heterocycles. The minimum Gasteiger partial charge on any atom is -0.393 e. The fourth-order valence-electron chi connectivity index (χ4n) is 2.40. The van der Waals surface area contributed by atoms with Crippen LogP contribution in [-0.4, -0.2) is 24.3 Å². The Kier molecular flexibility index (Phi) is 4.07. The second-order valence-corrected chi connectivity index (χ2v) is 5.58. The molecule has 4 heteroatoms. The van der Waals surface area contributed by atoms with Gasteiger partial charge in [0.25, 0.3) is 0 Å². The standard InChI is InChI=1S/C13H19BrN2O/c1-9-8-16(6-5-13(9)17)12-4-2-3-11(14)10(12)7-15/h2-4,9,13,17H,5-8,15H2,1H3. The molecule has 0 radical (unpaired) electrons. The first-order valence-corrected chi connectivity index (χ1v) is 6.83. The van der Waals surface area contributed by atoms with E-state index in [1.165, 1.54) is 5.69 Å². The van der Waals surface area contributed by atoms with E-state index in [4.69, 9.17) is 5.73 Å². The smallest absolute Gasteiger partial charge is 0.0599 e. The molecule has 94 valence electrons. The highest BCUT2D eigenvalue weighted by Crippen LogP contribution is 2.30. The van der Waals surface area contributed by atoms with Gasteiger partial charge in [-0.05, 0) is 24.5 Å². The van der Waals surface area contributed by atoms with Gasteiger partial charge in [-0.3, -0.25) is 0 Å². The van der Waals surface area contributed by atoms with Gasteiger partial charge < -0.3 is 15.7 Å². The fraction of sp³-hybridized carbons (Fsp3) is 0.538. The lowest BCUT2D eigenvalue weighted by molar-refractivity contribution is 0.0970. The summed E-state index contributed by atoms with van der Waals surface area (Å²) in [5.41, 5.74) is 8.16. The summed E-state index contributed by atoms with van der Waals surface area (Å²) >= 11 is 3.54. The van der Waals surface area contributed by atoms with Crippen molar-refractivity contribution in [2.75, 3.05) is 18.0 Å². The maximum absolute atomic E-state index is 9.76. The molecule has 1 aliphatic heterocycles. The number of nitrogens with zero attached hydrogens (tertiary/aromatic N) is 1. The lowest BCUT2D eigenvalue weighted by atomic mass is 9.95. The number of aliphatic hydroxyl groups excluding tert-OH is 1. The van der Waals surface area contributed by atoms with Gasteiger partial charge in [0.05, 0.1) is 6.10 Å². The van der Waals surface area contributed by atoms with Crippen LogP contribution in [0.15, 0.2) is 22.7 Å². The third kappa shape index (κ3) is 2.64.